The molecule has 1 unspecified atom stereocenters. The van der Waals surface area contributed by atoms with Crippen LogP contribution in [0.15, 0.2) is 18.2 Å². The molecule has 4 nitrogen and oxygen atoms in total. The summed E-state index contributed by atoms with van der Waals surface area (Å²) in [5, 5.41) is 12.6. The van der Waals surface area contributed by atoms with E-state index in [4.69, 9.17) is 14.7 Å². The van der Waals surface area contributed by atoms with Gasteiger partial charge in [-0.1, -0.05) is 19.1 Å². The minimum absolute atomic E-state index is 0.434. The molecule has 108 valence electrons. The van der Waals surface area contributed by atoms with Crippen LogP contribution >= 0.6 is 0 Å². The third kappa shape index (κ3) is 3.88. The van der Waals surface area contributed by atoms with E-state index >= 15 is 0 Å². The molecule has 0 aliphatic heterocycles. The Balaban J connectivity index is 2.18. The van der Waals surface area contributed by atoms with E-state index in [0.717, 1.165) is 17.9 Å². The zero-order valence-corrected chi connectivity index (χ0v) is 12.2. The summed E-state index contributed by atoms with van der Waals surface area (Å²) in [6, 6.07) is 8.70. The molecule has 0 radical (unpaired) electrons. The van der Waals surface area contributed by atoms with Gasteiger partial charge in [-0.3, -0.25) is 0 Å². The number of benzene rings is 1. The van der Waals surface area contributed by atoms with Gasteiger partial charge >= 0.3 is 0 Å². The molecule has 1 N–H and O–H groups in total. The molecule has 1 saturated carbocycles. The van der Waals surface area contributed by atoms with E-state index in [0.29, 0.717) is 24.8 Å². The van der Waals surface area contributed by atoms with Crippen LogP contribution < -0.4 is 14.8 Å². The number of hydrogen-bond acceptors (Lipinski definition) is 4. The number of nitrogens with zero attached hydrogens (tertiary/aromatic N) is 1. The Hall–Kier alpha value is -1.73. The molecule has 1 aliphatic rings. The van der Waals surface area contributed by atoms with E-state index in [9.17, 15) is 0 Å². The molecule has 1 aliphatic carbocycles. The maximum Gasteiger partial charge on any atom is 0.184 e. The van der Waals surface area contributed by atoms with Gasteiger partial charge in [0.2, 0.25) is 0 Å². The first kappa shape index (κ1) is 14.7. The fraction of sp³-hybridized carbons (Fsp3) is 0.562. The van der Waals surface area contributed by atoms with Crippen LogP contribution in [0, 0.1) is 11.3 Å². The fourth-order valence-corrected chi connectivity index (χ4v) is 1.99. The minimum atomic E-state index is -0.434. The highest BCUT2D eigenvalue weighted by Crippen LogP contribution is 2.33. The quantitative estimate of drug-likeness (QED) is 0.791. The first-order valence-electron chi connectivity index (χ1n) is 7.32. The van der Waals surface area contributed by atoms with Crippen molar-refractivity contribution in [2.75, 3.05) is 6.61 Å². The van der Waals surface area contributed by atoms with Crippen LogP contribution in [0.25, 0.3) is 0 Å². The summed E-state index contributed by atoms with van der Waals surface area (Å²) in [5.74, 6) is 1.42. The molecule has 0 heterocycles. The van der Waals surface area contributed by atoms with Gasteiger partial charge in [-0.2, -0.15) is 5.26 Å². The van der Waals surface area contributed by atoms with Gasteiger partial charge in [0.1, 0.15) is 6.07 Å². The second-order valence-electron chi connectivity index (χ2n) is 4.98. The topological polar surface area (TPSA) is 54.3 Å². The second-order valence-corrected chi connectivity index (χ2v) is 4.98. The summed E-state index contributed by atoms with van der Waals surface area (Å²) in [4.78, 5) is 0. The average Bonchev–Trinajstić information content (AvgIpc) is 3.28. The molecule has 0 amide bonds. The molecule has 0 aromatic heterocycles. The van der Waals surface area contributed by atoms with Crippen molar-refractivity contribution in [3.63, 3.8) is 0 Å². The standard InChI is InChI=1S/C16H22N2O2/c1-3-14(10-17)20-16-12(11-18-13-8-9-13)6-5-7-15(16)19-4-2/h5-7,13-14,18H,3-4,8-9,11H2,1-2H3. The first-order chi connectivity index (χ1) is 9.78. The Bertz CT molecular complexity index is 478. The maximum absolute atomic E-state index is 9.10. The zero-order chi connectivity index (χ0) is 14.4. The van der Waals surface area contributed by atoms with E-state index in [1.54, 1.807) is 0 Å². The van der Waals surface area contributed by atoms with Gasteiger partial charge in [-0.15, -0.1) is 0 Å². The molecule has 1 aromatic carbocycles. The molecule has 0 spiro atoms. The highest BCUT2D eigenvalue weighted by atomic mass is 16.5. The molecular weight excluding hydrogens is 252 g/mol. The summed E-state index contributed by atoms with van der Waals surface area (Å²) in [5.41, 5.74) is 1.05. The number of ether oxygens (including phenoxy) is 2. The smallest absolute Gasteiger partial charge is 0.184 e. The molecular formula is C16H22N2O2. The highest BCUT2D eigenvalue weighted by Gasteiger charge is 2.22. The molecule has 4 heteroatoms. The van der Waals surface area contributed by atoms with Crippen LogP contribution in [0.5, 0.6) is 11.5 Å². The molecule has 20 heavy (non-hydrogen) atoms. The summed E-state index contributed by atoms with van der Waals surface area (Å²) >= 11 is 0. The van der Waals surface area contributed by atoms with Gasteiger partial charge in [-0.05, 0) is 32.3 Å². The van der Waals surface area contributed by atoms with E-state index in [2.05, 4.69) is 11.4 Å². The normalized spacial score (nSPS) is 15.4. The van der Waals surface area contributed by atoms with Crippen LogP contribution in [0.4, 0.5) is 0 Å². The number of para-hydroxylation sites is 1. The van der Waals surface area contributed by atoms with Crippen molar-refractivity contribution in [2.24, 2.45) is 0 Å². The van der Waals surface area contributed by atoms with Crippen LogP contribution in [0.1, 0.15) is 38.7 Å². The van der Waals surface area contributed by atoms with Crippen molar-refractivity contribution in [3.8, 4) is 17.6 Å². The molecule has 1 aromatic rings. The molecule has 1 atom stereocenters. The van der Waals surface area contributed by atoms with E-state index in [-0.39, 0.29) is 0 Å². The fourth-order valence-electron chi connectivity index (χ4n) is 1.99. The van der Waals surface area contributed by atoms with Crippen molar-refractivity contribution in [1.82, 2.24) is 5.32 Å². The Kier molecular flexibility index (Phi) is 5.25. The van der Waals surface area contributed by atoms with Gasteiger partial charge in [0.25, 0.3) is 0 Å². The van der Waals surface area contributed by atoms with Crippen molar-refractivity contribution in [1.29, 1.82) is 5.26 Å². The highest BCUT2D eigenvalue weighted by molar-refractivity contribution is 5.47. The third-order valence-corrected chi connectivity index (χ3v) is 3.29. The number of nitrogens with one attached hydrogen (secondary N) is 1. The lowest BCUT2D eigenvalue weighted by Crippen LogP contribution is -2.19. The summed E-state index contributed by atoms with van der Waals surface area (Å²) in [7, 11) is 0. The summed E-state index contributed by atoms with van der Waals surface area (Å²) < 4.78 is 11.5. The lowest BCUT2D eigenvalue weighted by atomic mass is 10.1. The van der Waals surface area contributed by atoms with Gasteiger partial charge < -0.3 is 14.8 Å². The number of nitriles is 1. The van der Waals surface area contributed by atoms with Crippen LogP contribution in [0.3, 0.4) is 0 Å². The summed E-state index contributed by atoms with van der Waals surface area (Å²) in [6.45, 7) is 5.22. The lowest BCUT2D eigenvalue weighted by molar-refractivity contribution is 0.229. The largest absolute Gasteiger partial charge is 0.490 e. The maximum atomic E-state index is 9.10. The Morgan fingerprint density at radius 1 is 1.40 bits per heavy atom. The Morgan fingerprint density at radius 2 is 2.20 bits per heavy atom. The van der Waals surface area contributed by atoms with Crippen LogP contribution in [-0.4, -0.2) is 18.8 Å². The molecule has 0 saturated heterocycles. The molecule has 0 bridgehead atoms. The van der Waals surface area contributed by atoms with Gasteiger partial charge in [0.15, 0.2) is 17.6 Å². The minimum Gasteiger partial charge on any atom is -0.490 e. The van der Waals surface area contributed by atoms with Crippen LogP contribution in [-0.2, 0) is 6.54 Å². The predicted molar refractivity (Wildman–Crippen MR) is 77.8 cm³/mol. The van der Waals surface area contributed by atoms with Gasteiger partial charge in [0, 0.05) is 18.2 Å². The Labute approximate surface area is 120 Å². The van der Waals surface area contributed by atoms with Crippen molar-refractivity contribution in [2.45, 2.75) is 51.8 Å². The summed E-state index contributed by atoms with van der Waals surface area (Å²) in [6.07, 6.45) is 2.72. The zero-order valence-electron chi connectivity index (χ0n) is 12.2. The van der Waals surface area contributed by atoms with Crippen LogP contribution in [0.2, 0.25) is 0 Å². The predicted octanol–water partition coefficient (Wildman–Crippen LogP) is 3.02. The monoisotopic (exact) mass is 274 g/mol. The molecule has 2 rings (SSSR count). The average molecular weight is 274 g/mol. The van der Waals surface area contributed by atoms with Crippen molar-refractivity contribution >= 4 is 0 Å². The number of hydrogen-bond donors (Lipinski definition) is 1. The molecule has 1 fully saturated rings. The third-order valence-electron chi connectivity index (χ3n) is 3.29. The second kappa shape index (κ2) is 7.16. The first-order valence-corrected chi connectivity index (χ1v) is 7.32. The van der Waals surface area contributed by atoms with E-state index in [1.807, 2.05) is 32.0 Å². The Morgan fingerprint density at radius 3 is 2.80 bits per heavy atom. The lowest BCUT2D eigenvalue weighted by Gasteiger charge is -2.18. The van der Waals surface area contributed by atoms with Gasteiger partial charge in [0.05, 0.1) is 6.61 Å². The number of rotatable bonds is 8. The van der Waals surface area contributed by atoms with Crippen molar-refractivity contribution in [3.05, 3.63) is 23.8 Å². The van der Waals surface area contributed by atoms with E-state index < -0.39 is 6.10 Å². The van der Waals surface area contributed by atoms with E-state index in [1.165, 1.54) is 12.8 Å². The van der Waals surface area contributed by atoms with Crippen molar-refractivity contribution < 1.29 is 9.47 Å². The SMILES string of the molecule is CCOc1cccc(CNC2CC2)c1OC(C#N)CC. The van der Waals surface area contributed by atoms with Gasteiger partial charge in [-0.25, -0.2) is 0 Å².